The van der Waals surface area contributed by atoms with E-state index < -0.39 is 0 Å². The van der Waals surface area contributed by atoms with E-state index in [1.54, 1.807) is 0 Å². The third-order valence-electron chi connectivity index (χ3n) is 2.93. The Morgan fingerprint density at radius 2 is 2.17 bits per heavy atom. The fourth-order valence-corrected chi connectivity index (χ4v) is 2.87. The molecule has 0 bridgehead atoms. The molecule has 1 unspecified atom stereocenters. The van der Waals surface area contributed by atoms with Crippen LogP contribution in [0.2, 0.25) is 0 Å². The Labute approximate surface area is 122 Å². The van der Waals surface area contributed by atoms with Gasteiger partial charge in [-0.3, -0.25) is 4.68 Å². The number of aromatic nitrogens is 2. The maximum atomic E-state index is 4.23. The lowest BCUT2D eigenvalue weighted by atomic mass is 10.0. The zero-order valence-electron chi connectivity index (χ0n) is 10.7. The number of likely N-dealkylation sites (N-methyl/N-ethyl adjacent to an activating group) is 1. The summed E-state index contributed by atoms with van der Waals surface area (Å²) in [6.07, 6.45) is 5.00. The number of rotatable bonds is 5. The van der Waals surface area contributed by atoms with Crippen LogP contribution < -0.4 is 5.32 Å². The van der Waals surface area contributed by atoms with Crippen LogP contribution >= 0.6 is 22.6 Å². The monoisotopic (exact) mass is 355 g/mol. The lowest BCUT2D eigenvalue weighted by Crippen LogP contribution is -2.23. The summed E-state index contributed by atoms with van der Waals surface area (Å²) >= 11 is 2.40. The molecule has 3 nitrogen and oxygen atoms in total. The highest BCUT2D eigenvalue weighted by molar-refractivity contribution is 14.1. The number of benzene rings is 1. The largest absolute Gasteiger partial charge is 0.310 e. The van der Waals surface area contributed by atoms with Gasteiger partial charge in [0.15, 0.2) is 0 Å². The Hall–Kier alpha value is -0.880. The van der Waals surface area contributed by atoms with Crippen molar-refractivity contribution in [1.29, 1.82) is 0 Å². The van der Waals surface area contributed by atoms with Crippen molar-refractivity contribution >= 4 is 22.6 Å². The third-order valence-corrected chi connectivity index (χ3v) is 3.91. The highest BCUT2D eigenvalue weighted by Gasteiger charge is 2.14. The minimum atomic E-state index is 0.354. The van der Waals surface area contributed by atoms with Gasteiger partial charge in [-0.1, -0.05) is 25.1 Å². The molecular weight excluding hydrogens is 337 g/mol. The average molecular weight is 355 g/mol. The quantitative estimate of drug-likeness (QED) is 0.836. The number of aryl methyl sites for hydroxylation is 1. The SMILES string of the molecule is CCNC(Cc1cnn(C)c1)c1ccccc1I. The molecule has 4 heteroatoms. The highest BCUT2D eigenvalue weighted by Crippen LogP contribution is 2.23. The first-order valence-corrected chi connectivity index (χ1v) is 7.24. The van der Waals surface area contributed by atoms with Crippen LogP contribution in [0.15, 0.2) is 36.7 Å². The summed E-state index contributed by atoms with van der Waals surface area (Å²) in [6.45, 7) is 3.11. The van der Waals surface area contributed by atoms with E-state index in [0.29, 0.717) is 6.04 Å². The van der Waals surface area contributed by atoms with Crippen LogP contribution in [0.4, 0.5) is 0 Å². The standard InChI is InChI=1S/C14H18IN3/c1-3-16-14(8-11-9-17-18(2)10-11)12-6-4-5-7-13(12)15/h4-7,9-10,14,16H,3,8H2,1-2H3. The Kier molecular flexibility index (Phi) is 4.77. The highest BCUT2D eigenvalue weighted by atomic mass is 127. The van der Waals surface area contributed by atoms with Crippen LogP contribution in [0, 0.1) is 3.57 Å². The lowest BCUT2D eigenvalue weighted by Gasteiger charge is -2.19. The normalized spacial score (nSPS) is 12.6. The smallest absolute Gasteiger partial charge is 0.0522 e. The first kappa shape index (κ1) is 13.5. The van der Waals surface area contributed by atoms with Gasteiger partial charge in [0.25, 0.3) is 0 Å². The molecule has 0 fully saturated rings. The fraction of sp³-hybridized carbons (Fsp3) is 0.357. The van der Waals surface area contributed by atoms with E-state index in [1.807, 2.05) is 17.9 Å². The molecule has 0 radical (unpaired) electrons. The molecule has 0 saturated carbocycles. The van der Waals surface area contributed by atoms with Crippen molar-refractivity contribution in [1.82, 2.24) is 15.1 Å². The first-order valence-electron chi connectivity index (χ1n) is 6.16. The minimum absolute atomic E-state index is 0.354. The van der Waals surface area contributed by atoms with E-state index in [1.165, 1.54) is 14.7 Å². The second kappa shape index (κ2) is 6.33. The predicted octanol–water partition coefficient (Wildman–Crippen LogP) is 2.92. The van der Waals surface area contributed by atoms with Crippen LogP contribution in [-0.2, 0) is 13.5 Å². The lowest BCUT2D eigenvalue weighted by molar-refractivity contribution is 0.547. The molecule has 1 N–H and O–H groups in total. The molecule has 2 rings (SSSR count). The molecule has 1 aromatic carbocycles. The molecule has 1 heterocycles. The molecular formula is C14H18IN3. The van der Waals surface area contributed by atoms with Crippen LogP contribution in [-0.4, -0.2) is 16.3 Å². The summed E-state index contributed by atoms with van der Waals surface area (Å²) in [5.74, 6) is 0. The second-order valence-corrected chi connectivity index (χ2v) is 5.52. The zero-order chi connectivity index (χ0) is 13.0. The minimum Gasteiger partial charge on any atom is -0.310 e. The molecule has 0 saturated heterocycles. The molecule has 0 amide bonds. The molecule has 1 aromatic heterocycles. The molecule has 2 aromatic rings. The first-order chi connectivity index (χ1) is 8.70. The molecule has 1 atom stereocenters. The van der Waals surface area contributed by atoms with Gasteiger partial charge in [-0.15, -0.1) is 0 Å². The Morgan fingerprint density at radius 3 is 2.78 bits per heavy atom. The van der Waals surface area contributed by atoms with E-state index in [4.69, 9.17) is 0 Å². The average Bonchev–Trinajstić information content (AvgIpc) is 2.75. The van der Waals surface area contributed by atoms with Gasteiger partial charge >= 0.3 is 0 Å². The molecule has 0 aliphatic carbocycles. The van der Waals surface area contributed by atoms with Gasteiger partial charge in [-0.25, -0.2) is 0 Å². The van der Waals surface area contributed by atoms with Gasteiger partial charge in [0.2, 0.25) is 0 Å². The van der Waals surface area contributed by atoms with Crippen LogP contribution in [0.5, 0.6) is 0 Å². The maximum Gasteiger partial charge on any atom is 0.0522 e. The van der Waals surface area contributed by atoms with Gasteiger partial charge in [-0.2, -0.15) is 5.10 Å². The van der Waals surface area contributed by atoms with Gasteiger partial charge in [0, 0.05) is 22.9 Å². The van der Waals surface area contributed by atoms with Gasteiger partial charge in [0.05, 0.1) is 6.20 Å². The van der Waals surface area contributed by atoms with Crippen LogP contribution in [0.1, 0.15) is 24.1 Å². The maximum absolute atomic E-state index is 4.23. The Balaban J connectivity index is 2.20. The number of halogens is 1. The number of hydrogen-bond acceptors (Lipinski definition) is 2. The molecule has 0 aliphatic heterocycles. The third kappa shape index (κ3) is 3.32. The summed E-state index contributed by atoms with van der Waals surface area (Å²) in [5.41, 5.74) is 2.63. The van der Waals surface area contributed by atoms with E-state index in [0.717, 1.165) is 13.0 Å². The summed E-state index contributed by atoms with van der Waals surface area (Å²) < 4.78 is 3.17. The van der Waals surface area contributed by atoms with Crippen molar-refractivity contribution in [3.63, 3.8) is 0 Å². The van der Waals surface area contributed by atoms with E-state index >= 15 is 0 Å². The summed E-state index contributed by atoms with van der Waals surface area (Å²) in [4.78, 5) is 0. The second-order valence-electron chi connectivity index (χ2n) is 4.36. The van der Waals surface area contributed by atoms with Gasteiger partial charge < -0.3 is 5.32 Å². The molecule has 0 spiro atoms. The molecule has 18 heavy (non-hydrogen) atoms. The zero-order valence-corrected chi connectivity index (χ0v) is 12.9. The van der Waals surface area contributed by atoms with Crippen molar-refractivity contribution in [2.24, 2.45) is 7.05 Å². The van der Waals surface area contributed by atoms with Gasteiger partial charge in [-0.05, 0) is 52.7 Å². The Bertz CT molecular complexity index is 507. The summed E-state index contributed by atoms with van der Waals surface area (Å²) in [5, 5.41) is 7.79. The predicted molar refractivity (Wildman–Crippen MR) is 82.5 cm³/mol. The van der Waals surface area contributed by atoms with E-state index in [-0.39, 0.29) is 0 Å². The van der Waals surface area contributed by atoms with Crippen LogP contribution in [0.3, 0.4) is 0 Å². The van der Waals surface area contributed by atoms with Crippen LogP contribution in [0.25, 0.3) is 0 Å². The van der Waals surface area contributed by atoms with Crippen molar-refractivity contribution < 1.29 is 0 Å². The van der Waals surface area contributed by atoms with E-state index in [2.05, 4.69) is 70.4 Å². The number of hydrogen-bond donors (Lipinski definition) is 1. The van der Waals surface area contributed by atoms with Crippen molar-refractivity contribution in [2.75, 3.05) is 6.54 Å². The summed E-state index contributed by atoms with van der Waals surface area (Å²) in [7, 11) is 1.96. The number of nitrogens with zero attached hydrogens (tertiary/aromatic N) is 2. The Morgan fingerprint density at radius 1 is 1.39 bits per heavy atom. The fourth-order valence-electron chi connectivity index (χ4n) is 2.11. The van der Waals surface area contributed by atoms with Gasteiger partial charge in [0.1, 0.15) is 0 Å². The van der Waals surface area contributed by atoms with Crippen molar-refractivity contribution in [2.45, 2.75) is 19.4 Å². The molecule has 0 aliphatic rings. The molecule has 96 valence electrons. The van der Waals surface area contributed by atoms with E-state index in [9.17, 15) is 0 Å². The number of nitrogens with one attached hydrogen (secondary N) is 1. The van der Waals surface area contributed by atoms with Crippen molar-refractivity contribution in [3.8, 4) is 0 Å². The summed E-state index contributed by atoms with van der Waals surface area (Å²) in [6, 6.07) is 8.89. The topological polar surface area (TPSA) is 29.9 Å². The van der Waals surface area contributed by atoms with Crippen molar-refractivity contribution in [3.05, 3.63) is 51.4 Å².